The van der Waals surface area contributed by atoms with E-state index in [2.05, 4.69) is 27.9 Å². The summed E-state index contributed by atoms with van der Waals surface area (Å²) in [4.78, 5) is 13.1. The van der Waals surface area contributed by atoms with Crippen molar-refractivity contribution in [1.82, 2.24) is 4.98 Å². The zero-order chi connectivity index (χ0) is 13.5. The molecule has 3 aromatic rings. The quantitative estimate of drug-likeness (QED) is 0.512. The number of fused-ring (bicyclic) bond motifs is 1. The molecule has 0 aliphatic carbocycles. The first-order valence-electron chi connectivity index (χ1n) is 5.73. The zero-order valence-corrected chi connectivity index (χ0v) is 10.1. The topological polar surface area (TPSA) is 62.3 Å². The fourth-order valence-corrected chi connectivity index (χ4v) is 1.58. The van der Waals surface area contributed by atoms with Crippen molar-refractivity contribution in [3.8, 4) is 5.75 Å². The van der Waals surface area contributed by atoms with Gasteiger partial charge in [-0.25, -0.2) is 4.79 Å². The highest BCUT2D eigenvalue weighted by molar-refractivity contribution is 5.78. The van der Waals surface area contributed by atoms with E-state index in [9.17, 15) is 4.79 Å². The van der Waals surface area contributed by atoms with Crippen LogP contribution in [0.1, 0.15) is 0 Å². The Morgan fingerprint density at radius 3 is 2.32 bits per heavy atom. The number of benzene rings is 2. The number of para-hydroxylation sites is 2. The first-order valence-corrected chi connectivity index (χ1v) is 5.73. The van der Waals surface area contributed by atoms with Crippen molar-refractivity contribution in [2.75, 3.05) is 0 Å². The molecule has 0 fully saturated rings. The highest BCUT2D eigenvalue weighted by atomic mass is 16.7. The van der Waals surface area contributed by atoms with E-state index < -0.39 is 6.16 Å². The van der Waals surface area contributed by atoms with Crippen molar-refractivity contribution in [2.45, 2.75) is 0 Å². The van der Waals surface area contributed by atoms with Crippen molar-refractivity contribution in [2.24, 2.45) is 0 Å². The van der Waals surface area contributed by atoms with Crippen LogP contribution < -0.4 is 4.74 Å². The van der Waals surface area contributed by atoms with Gasteiger partial charge in [0.15, 0.2) is 0 Å². The van der Waals surface area contributed by atoms with Gasteiger partial charge in [-0.15, -0.1) is 0 Å². The van der Waals surface area contributed by atoms with Crippen LogP contribution in [0.15, 0.2) is 66.9 Å². The molecule has 3 rings (SSSR count). The number of carbonyl (C=O) groups is 1. The van der Waals surface area contributed by atoms with Crippen LogP contribution in [0.2, 0.25) is 0 Å². The van der Waals surface area contributed by atoms with E-state index in [0.717, 1.165) is 0 Å². The molecule has 4 nitrogen and oxygen atoms in total. The number of rotatable bonds is 1. The van der Waals surface area contributed by atoms with Gasteiger partial charge in [0.1, 0.15) is 5.75 Å². The molecule has 0 spiro atoms. The second kappa shape index (κ2) is 6.26. The minimum Gasteiger partial charge on any atom is -0.449 e. The molecule has 2 aromatic carbocycles. The van der Waals surface area contributed by atoms with Crippen LogP contribution in [-0.2, 0) is 0 Å². The van der Waals surface area contributed by atoms with E-state index in [1.807, 2.05) is 18.3 Å². The summed E-state index contributed by atoms with van der Waals surface area (Å²) in [7, 11) is 0. The predicted octanol–water partition coefficient (Wildman–Crippen LogP) is 3.91. The van der Waals surface area contributed by atoms with Crippen molar-refractivity contribution in [1.29, 1.82) is 0 Å². The molecule has 0 aliphatic rings. The third-order valence-electron chi connectivity index (χ3n) is 2.41. The molecule has 96 valence electrons. The molecule has 0 radical (unpaired) electrons. The second-order valence-corrected chi connectivity index (χ2v) is 3.75. The largest absolute Gasteiger partial charge is 0.511 e. The highest BCUT2D eigenvalue weighted by Gasteiger charge is 1.96. The van der Waals surface area contributed by atoms with Gasteiger partial charge in [0, 0.05) is 11.7 Å². The molecule has 0 saturated heterocycles. The molecule has 0 unspecified atom stereocenters. The molecule has 0 bridgehead atoms. The summed E-state index contributed by atoms with van der Waals surface area (Å²) in [5.41, 5.74) is 1.21. The fraction of sp³-hybridized carbons (Fsp3) is 0. The minimum atomic E-state index is -1.29. The van der Waals surface area contributed by atoms with Gasteiger partial charge in [-0.1, -0.05) is 36.4 Å². The molecule has 0 saturated carbocycles. The first-order chi connectivity index (χ1) is 9.25. The van der Waals surface area contributed by atoms with E-state index in [1.54, 1.807) is 30.3 Å². The smallest absolute Gasteiger partial charge is 0.449 e. The average Bonchev–Trinajstić information content (AvgIpc) is 2.88. The van der Waals surface area contributed by atoms with E-state index in [-0.39, 0.29) is 0 Å². The lowest BCUT2D eigenvalue weighted by Gasteiger charge is -1.95. The Kier molecular flexibility index (Phi) is 4.18. The Hall–Kier alpha value is -2.75. The Balaban J connectivity index is 0.000000141. The molecule has 0 aliphatic heterocycles. The van der Waals surface area contributed by atoms with Crippen LogP contribution in [0.25, 0.3) is 10.9 Å². The average molecular weight is 255 g/mol. The van der Waals surface area contributed by atoms with Crippen LogP contribution in [0.5, 0.6) is 5.75 Å². The number of hydrogen-bond acceptors (Lipinski definition) is 2. The number of carboxylic acid groups (broad SMARTS) is 1. The Bertz CT molecular complexity index is 616. The lowest BCUT2D eigenvalue weighted by molar-refractivity contribution is 0.144. The van der Waals surface area contributed by atoms with Crippen molar-refractivity contribution in [3.05, 3.63) is 66.9 Å². The third kappa shape index (κ3) is 3.89. The summed E-state index contributed by atoms with van der Waals surface area (Å²) in [5, 5.41) is 9.42. The number of ether oxygens (including phenoxy) is 1. The van der Waals surface area contributed by atoms with Crippen LogP contribution in [0.4, 0.5) is 4.79 Å². The van der Waals surface area contributed by atoms with Gasteiger partial charge >= 0.3 is 6.16 Å². The van der Waals surface area contributed by atoms with E-state index in [0.29, 0.717) is 5.75 Å². The van der Waals surface area contributed by atoms with Gasteiger partial charge in [-0.2, -0.15) is 0 Å². The maximum absolute atomic E-state index is 9.95. The molecule has 1 heterocycles. The van der Waals surface area contributed by atoms with E-state index in [4.69, 9.17) is 5.11 Å². The van der Waals surface area contributed by atoms with Crippen molar-refractivity contribution in [3.63, 3.8) is 0 Å². The molecule has 19 heavy (non-hydrogen) atoms. The summed E-state index contributed by atoms with van der Waals surface area (Å²) < 4.78 is 4.33. The standard InChI is InChI=1S/C8H7N.C7H6O3/c1-2-4-8-7(3-1)5-6-9-8;8-7(9)10-6-4-2-1-3-5-6/h1-6,9H;1-5H,(H,8,9). The minimum absolute atomic E-state index is 0.343. The molecular formula is C15H13NO3. The summed E-state index contributed by atoms with van der Waals surface area (Å²) >= 11 is 0. The Morgan fingerprint density at radius 2 is 1.63 bits per heavy atom. The van der Waals surface area contributed by atoms with E-state index in [1.165, 1.54) is 10.9 Å². The van der Waals surface area contributed by atoms with Gasteiger partial charge in [0.25, 0.3) is 0 Å². The van der Waals surface area contributed by atoms with Crippen LogP contribution in [0, 0.1) is 0 Å². The Labute approximate surface area is 110 Å². The molecule has 0 atom stereocenters. The molecular weight excluding hydrogens is 242 g/mol. The van der Waals surface area contributed by atoms with Crippen LogP contribution in [0.3, 0.4) is 0 Å². The monoisotopic (exact) mass is 255 g/mol. The third-order valence-corrected chi connectivity index (χ3v) is 2.41. The maximum atomic E-state index is 9.95. The van der Waals surface area contributed by atoms with Crippen LogP contribution in [-0.4, -0.2) is 16.2 Å². The SMILES string of the molecule is O=C(O)Oc1ccccc1.c1ccc2[nH]ccc2c1. The summed E-state index contributed by atoms with van der Waals surface area (Å²) in [5.74, 6) is 0.343. The maximum Gasteiger partial charge on any atom is 0.511 e. The lowest BCUT2D eigenvalue weighted by atomic mass is 10.3. The van der Waals surface area contributed by atoms with Crippen molar-refractivity contribution >= 4 is 17.1 Å². The normalized spacial score (nSPS) is 9.47. The number of hydrogen-bond donors (Lipinski definition) is 2. The summed E-state index contributed by atoms with van der Waals surface area (Å²) in [6.07, 6.45) is 0.663. The first kappa shape index (κ1) is 12.7. The van der Waals surface area contributed by atoms with Gasteiger partial charge in [0.2, 0.25) is 0 Å². The summed E-state index contributed by atoms with van der Waals surface area (Å²) in [6, 6.07) is 18.6. The molecule has 1 aromatic heterocycles. The predicted molar refractivity (Wildman–Crippen MR) is 73.4 cm³/mol. The van der Waals surface area contributed by atoms with Crippen LogP contribution >= 0.6 is 0 Å². The summed E-state index contributed by atoms with van der Waals surface area (Å²) in [6.45, 7) is 0. The van der Waals surface area contributed by atoms with Gasteiger partial charge in [-0.05, 0) is 29.7 Å². The number of nitrogens with one attached hydrogen (secondary N) is 1. The van der Waals surface area contributed by atoms with E-state index >= 15 is 0 Å². The zero-order valence-electron chi connectivity index (χ0n) is 10.1. The van der Waals surface area contributed by atoms with Crippen molar-refractivity contribution < 1.29 is 14.6 Å². The Morgan fingerprint density at radius 1 is 0.947 bits per heavy atom. The van der Waals surface area contributed by atoms with Gasteiger partial charge in [0.05, 0.1) is 0 Å². The number of H-pyrrole nitrogens is 1. The fourth-order valence-electron chi connectivity index (χ4n) is 1.58. The van der Waals surface area contributed by atoms with Gasteiger partial charge < -0.3 is 14.8 Å². The highest BCUT2D eigenvalue weighted by Crippen LogP contribution is 2.09. The number of aromatic nitrogens is 1. The molecule has 0 amide bonds. The number of aromatic amines is 1. The molecule has 2 N–H and O–H groups in total. The van der Waals surface area contributed by atoms with Gasteiger partial charge in [-0.3, -0.25) is 0 Å². The second-order valence-electron chi connectivity index (χ2n) is 3.75. The molecule has 4 heteroatoms. The lowest BCUT2D eigenvalue weighted by Crippen LogP contribution is -2.02.